The Morgan fingerprint density at radius 2 is 1.31 bits per heavy atom. The van der Waals surface area contributed by atoms with Crippen LogP contribution in [-0.2, 0) is 9.47 Å². The Morgan fingerprint density at radius 1 is 0.906 bits per heavy atom. The van der Waals surface area contributed by atoms with Gasteiger partial charge in [0.15, 0.2) is 0 Å². The molecule has 13 heteroatoms. The van der Waals surface area contributed by atoms with Gasteiger partial charge in [-0.1, -0.05) is 20.8 Å². The Balaban J connectivity index is 2.20. The van der Waals surface area contributed by atoms with E-state index in [-0.39, 0.29) is 5.56 Å². The van der Waals surface area contributed by atoms with Crippen molar-refractivity contribution >= 4 is 24.6 Å². The number of carbonyl (C=O) groups is 1. The van der Waals surface area contributed by atoms with Gasteiger partial charge in [-0.3, -0.25) is 34.4 Å². The van der Waals surface area contributed by atoms with Crippen LogP contribution in [0.15, 0.2) is 22.9 Å². The second kappa shape index (κ2) is 9.72. The molecule has 0 bridgehead atoms. The SMILES string of the molecule is CC(C)(C)P(=NC(=O)c1cc([N+](=O)[O-])cc([N+](=O)[O-])c1)(N1CCOCC1)N1CCOCC1. The van der Waals surface area contributed by atoms with Crippen molar-refractivity contribution < 1.29 is 24.1 Å². The maximum atomic E-state index is 13.4. The summed E-state index contributed by atoms with van der Waals surface area (Å²) in [5, 5.41) is 22.1. The fraction of sp³-hybridized carbons (Fsp3) is 0.632. The van der Waals surface area contributed by atoms with Gasteiger partial charge < -0.3 is 9.47 Å². The minimum Gasteiger partial charge on any atom is -0.379 e. The monoisotopic (exact) mass is 469 g/mol. The molecule has 1 aromatic carbocycles. The first-order valence-corrected chi connectivity index (χ1v) is 12.0. The summed E-state index contributed by atoms with van der Waals surface area (Å²) < 4.78 is 20.2. The maximum Gasteiger partial charge on any atom is 0.278 e. The van der Waals surface area contributed by atoms with Gasteiger partial charge in [-0.05, 0) is 0 Å². The molecule has 2 aliphatic rings. The highest BCUT2D eigenvalue weighted by molar-refractivity contribution is 7.63. The first kappa shape index (κ1) is 24.4. The normalized spacial score (nSPS) is 18.8. The van der Waals surface area contributed by atoms with Crippen molar-refractivity contribution in [3.63, 3.8) is 0 Å². The summed E-state index contributed by atoms with van der Waals surface area (Å²) in [7, 11) is -2.69. The number of non-ortho nitro benzene ring substituents is 2. The molecule has 0 unspecified atom stereocenters. The molecule has 0 saturated carbocycles. The number of carbonyl (C=O) groups excluding carboxylic acids is 1. The number of nitro benzene ring substituents is 2. The molecule has 1 amide bonds. The summed E-state index contributed by atoms with van der Waals surface area (Å²) in [6.07, 6.45) is 0. The van der Waals surface area contributed by atoms with E-state index in [2.05, 4.69) is 9.34 Å². The lowest BCUT2D eigenvalue weighted by Gasteiger charge is -2.52. The molecule has 0 aromatic heterocycles. The van der Waals surface area contributed by atoms with Gasteiger partial charge in [-0.25, -0.2) is 0 Å². The molecule has 2 aliphatic heterocycles. The van der Waals surface area contributed by atoms with Crippen molar-refractivity contribution in [3.8, 4) is 0 Å². The zero-order chi connectivity index (χ0) is 23.5. The van der Waals surface area contributed by atoms with Gasteiger partial charge in [0.1, 0.15) is 7.36 Å². The molecule has 12 nitrogen and oxygen atoms in total. The van der Waals surface area contributed by atoms with E-state index in [1.165, 1.54) is 0 Å². The summed E-state index contributed by atoms with van der Waals surface area (Å²) in [6, 6.07) is 2.94. The molecule has 2 saturated heterocycles. The molecule has 176 valence electrons. The van der Waals surface area contributed by atoms with Crippen molar-refractivity contribution in [2.45, 2.75) is 25.9 Å². The number of nitrogens with zero attached hydrogens (tertiary/aromatic N) is 5. The molecule has 32 heavy (non-hydrogen) atoms. The molecule has 0 N–H and O–H groups in total. The zero-order valence-corrected chi connectivity index (χ0v) is 19.3. The number of hydrogen-bond acceptors (Lipinski definition) is 7. The van der Waals surface area contributed by atoms with Gasteiger partial charge in [0.05, 0.1) is 47.9 Å². The third-order valence-corrected chi connectivity index (χ3v) is 10.1. The molecule has 0 aliphatic carbocycles. The lowest BCUT2D eigenvalue weighted by molar-refractivity contribution is -0.394. The van der Waals surface area contributed by atoms with E-state index in [1.807, 2.05) is 20.8 Å². The zero-order valence-electron chi connectivity index (χ0n) is 18.4. The molecule has 2 heterocycles. The van der Waals surface area contributed by atoms with Crippen LogP contribution in [0.5, 0.6) is 0 Å². The fourth-order valence-electron chi connectivity index (χ4n) is 4.08. The number of hydrogen-bond donors (Lipinski definition) is 0. The van der Waals surface area contributed by atoms with Gasteiger partial charge >= 0.3 is 0 Å². The van der Waals surface area contributed by atoms with Crippen LogP contribution in [0, 0.1) is 20.2 Å². The predicted molar refractivity (Wildman–Crippen MR) is 118 cm³/mol. The average molecular weight is 469 g/mol. The van der Waals surface area contributed by atoms with Crippen molar-refractivity contribution in [3.05, 3.63) is 44.0 Å². The number of benzene rings is 1. The van der Waals surface area contributed by atoms with Gasteiger partial charge in [0.25, 0.3) is 17.3 Å². The minimum atomic E-state index is -2.69. The Bertz CT molecular complexity index is 896. The molecule has 0 radical (unpaired) electrons. The van der Waals surface area contributed by atoms with Crippen molar-refractivity contribution in [1.82, 2.24) is 9.34 Å². The summed E-state index contributed by atoms with van der Waals surface area (Å²) in [6.45, 7) is 10.5. The first-order chi connectivity index (χ1) is 15.1. The molecule has 0 spiro atoms. The average Bonchev–Trinajstić information content (AvgIpc) is 2.77. The number of rotatable bonds is 5. The van der Waals surface area contributed by atoms with Crippen molar-refractivity contribution in [1.29, 1.82) is 0 Å². The van der Waals surface area contributed by atoms with E-state index in [0.717, 1.165) is 18.2 Å². The summed E-state index contributed by atoms with van der Waals surface area (Å²) in [4.78, 5) is 34.5. The van der Waals surface area contributed by atoms with Gasteiger partial charge in [0, 0.05) is 43.5 Å². The molecule has 3 rings (SSSR count). The Kier molecular flexibility index (Phi) is 7.41. The molecule has 2 fully saturated rings. The molecule has 0 atom stereocenters. The van der Waals surface area contributed by atoms with E-state index >= 15 is 0 Å². The van der Waals surface area contributed by atoms with E-state index in [0.29, 0.717) is 52.6 Å². The molecular weight excluding hydrogens is 441 g/mol. The Labute approximate surface area is 185 Å². The fourth-order valence-corrected chi connectivity index (χ4v) is 8.50. The largest absolute Gasteiger partial charge is 0.379 e. The third-order valence-electron chi connectivity index (χ3n) is 5.47. The Morgan fingerprint density at radius 3 is 1.66 bits per heavy atom. The van der Waals surface area contributed by atoms with Crippen LogP contribution in [0.2, 0.25) is 0 Å². The van der Waals surface area contributed by atoms with Crippen LogP contribution in [0.1, 0.15) is 31.1 Å². The Hall–Kier alpha value is -2.24. The second-order valence-corrected chi connectivity index (χ2v) is 12.3. The van der Waals surface area contributed by atoms with Crippen LogP contribution in [-0.4, -0.2) is 82.9 Å². The molecule has 1 aromatic rings. The number of ether oxygens (including phenoxy) is 2. The second-order valence-electron chi connectivity index (χ2n) is 8.53. The van der Waals surface area contributed by atoms with Gasteiger partial charge in [-0.15, -0.1) is 0 Å². The van der Waals surface area contributed by atoms with E-state index in [4.69, 9.17) is 14.2 Å². The summed E-state index contributed by atoms with van der Waals surface area (Å²) in [5.41, 5.74) is -1.20. The van der Waals surface area contributed by atoms with Crippen molar-refractivity contribution in [2.24, 2.45) is 4.74 Å². The van der Waals surface area contributed by atoms with E-state index in [9.17, 15) is 25.0 Å². The highest BCUT2D eigenvalue weighted by atomic mass is 31.2. The van der Waals surface area contributed by atoms with Crippen LogP contribution < -0.4 is 0 Å². The highest BCUT2D eigenvalue weighted by Gasteiger charge is 2.46. The van der Waals surface area contributed by atoms with Crippen LogP contribution >= 0.6 is 7.36 Å². The standard InChI is InChI=1S/C19H28N5O7P/c1-19(2,3)32(21-4-8-30-9-5-21,22-6-10-31-11-7-22)20-18(25)15-12-16(23(26)27)14-17(13-15)24(28)29/h12-14H,4-11H2,1-3H3. The number of morpholine rings is 2. The van der Waals surface area contributed by atoms with Crippen LogP contribution in [0.3, 0.4) is 0 Å². The summed E-state index contributed by atoms with van der Waals surface area (Å²) >= 11 is 0. The smallest absolute Gasteiger partial charge is 0.278 e. The minimum absolute atomic E-state index is 0.166. The predicted octanol–water partition coefficient (Wildman–Crippen LogP) is 3.14. The van der Waals surface area contributed by atoms with Crippen molar-refractivity contribution in [2.75, 3.05) is 52.6 Å². The van der Waals surface area contributed by atoms with E-state index < -0.39 is 39.6 Å². The topological polar surface area (TPSA) is 141 Å². The quantitative estimate of drug-likeness (QED) is 0.361. The summed E-state index contributed by atoms with van der Waals surface area (Å²) in [5.74, 6) is -0.696. The number of nitro groups is 2. The van der Waals surface area contributed by atoms with Crippen LogP contribution in [0.25, 0.3) is 0 Å². The lowest BCUT2D eigenvalue weighted by atomic mass is 10.1. The molecular formula is C19H28N5O7P. The van der Waals surface area contributed by atoms with Gasteiger partial charge in [0.2, 0.25) is 0 Å². The lowest BCUT2D eigenvalue weighted by Crippen LogP contribution is -2.48. The highest BCUT2D eigenvalue weighted by Crippen LogP contribution is 2.66. The van der Waals surface area contributed by atoms with Crippen LogP contribution in [0.4, 0.5) is 11.4 Å². The maximum absolute atomic E-state index is 13.4. The first-order valence-electron chi connectivity index (χ1n) is 10.3. The van der Waals surface area contributed by atoms with E-state index in [1.54, 1.807) is 0 Å². The number of amides is 1. The third kappa shape index (κ3) is 4.89. The van der Waals surface area contributed by atoms with Gasteiger partial charge in [-0.2, -0.15) is 4.74 Å².